The molecule has 2 aromatic rings. The Morgan fingerprint density at radius 1 is 1.33 bits per heavy atom. The van der Waals surface area contributed by atoms with Crippen LogP contribution in [0.3, 0.4) is 0 Å². The first-order chi connectivity index (χ1) is 5.66. The highest BCUT2D eigenvalue weighted by Gasteiger charge is 2.05. The van der Waals surface area contributed by atoms with Gasteiger partial charge in [-0.2, -0.15) is 0 Å². The average molecular weight is 307 g/mol. The molecule has 0 radical (unpaired) electrons. The summed E-state index contributed by atoms with van der Waals surface area (Å²) in [5.74, 6) is 0. The first-order valence-corrected chi connectivity index (χ1v) is 5.79. The molecule has 0 aliphatic rings. The normalized spacial score (nSPS) is 10.9. The van der Waals surface area contributed by atoms with E-state index in [4.69, 9.17) is 0 Å². The number of hydrogen-bond acceptors (Lipinski definition) is 2. The average Bonchev–Trinajstić information content (AvgIpc) is 2.29. The van der Waals surface area contributed by atoms with Crippen LogP contribution in [0.1, 0.15) is 5.56 Å². The number of nitrogens with zero attached hydrogens (tertiary/aromatic N) is 1. The lowest BCUT2D eigenvalue weighted by atomic mass is 10.2. The van der Waals surface area contributed by atoms with Gasteiger partial charge in [0.1, 0.15) is 0 Å². The molecule has 0 aliphatic carbocycles. The van der Waals surface area contributed by atoms with Crippen molar-refractivity contribution in [2.75, 3.05) is 0 Å². The highest BCUT2D eigenvalue weighted by molar-refractivity contribution is 9.11. The fourth-order valence-electron chi connectivity index (χ4n) is 1.09. The lowest BCUT2D eigenvalue weighted by Crippen LogP contribution is -1.74. The van der Waals surface area contributed by atoms with Crippen LogP contribution in [0.4, 0.5) is 0 Å². The minimum absolute atomic E-state index is 0.934. The van der Waals surface area contributed by atoms with Gasteiger partial charge in [0.05, 0.1) is 10.2 Å². The third-order valence-corrected chi connectivity index (χ3v) is 3.62. The second kappa shape index (κ2) is 3.09. The molecule has 1 aromatic carbocycles. The van der Waals surface area contributed by atoms with Gasteiger partial charge in [0.15, 0.2) is 3.92 Å². The summed E-state index contributed by atoms with van der Waals surface area (Å²) in [7, 11) is 0. The van der Waals surface area contributed by atoms with Crippen molar-refractivity contribution in [3.8, 4) is 0 Å². The van der Waals surface area contributed by atoms with Crippen LogP contribution >= 0.6 is 43.2 Å². The maximum Gasteiger partial charge on any atom is 0.160 e. The standard InChI is InChI=1S/C8H5Br2NS/c1-4-2-5(9)7-6(3-4)12-8(10)11-7/h2-3H,1H3. The van der Waals surface area contributed by atoms with Gasteiger partial charge in [0.2, 0.25) is 0 Å². The zero-order valence-corrected chi connectivity index (χ0v) is 10.3. The van der Waals surface area contributed by atoms with Crippen molar-refractivity contribution in [1.29, 1.82) is 0 Å². The maximum atomic E-state index is 4.34. The summed E-state index contributed by atoms with van der Waals surface area (Å²) in [6.45, 7) is 2.08. The number of aromatic nitrogens is 1. The number of benzene rings is 1. The van der Waals surface area contributed by atoms with Crippen molar-refractivity contribution >= 4 is 53.4 Å². The van der Waals surface area contributed by atoms with Gasteiger partial charge in [-0.25, -0.2) is 4.98 Å². The lowest BCUT2D eigenvalue weighted by molar-refractivity contribution is 1.41. The van der Waals surface area contributed by atoms with Crippen molar-refractivity contribution in [2.24, 2.45) is 0 Å². The molecule has 0 spiro atoms. The number of fused-ring (bicyclic) bond motifs is 1. The lowest BCUT2D eigenvalue weighted by Gasteiger charge is -1.94. The number of thiazole rings is 1. The fraction of sp³-hybridized carbons (Fsp3) is 0.125. The summed E-state index contributed by atoms with van der Waals surface area (Å²) in [5, 5.41) is 0. The molecule has 1 aromatic heterocycles. The molecule has 0 unspecified atom stereocenters. The van der Waals surface area contributed by atoms with Crippen molar-refractivity contribution < 1.29 is 0 Å². The number of hydrogen-bond donors (Lipinski definition) is 0. The predicted octanol–water partition coefficient (Wildman–Crippen LogP) is 4.13. The van der Waals surface area contributed by atoms with Gasteiger partial charge in [0.25, 0.3) is 0 Å². The molecule has 12 heavy (non-hydrogen) atoms. The van der Waals surface area contributed by atoms with Gasteiger partial charge in [-0.05, 0) is 56.5 Å². The summed E-state index contributed by atoms with van der Waals surface area (Å²) < 4.78 is 3.22. The first-order valence-electron chi connectivity index (χ1n) is 3.39. The van der Waals surface area contributed by atoms with Crippen molar-refractivity contribution in [1.82, 2.24) is 4.98 Å². The molecule has 0 N–H and O–H groups in total. The molecule has 0 saturated heterocycles. The zero-order chi connectivity index (χ0) is 8.72. The molecule has 62 valence electrons. The number of halogens is 2. The van der Waals surface area contributed by atoms with E-state index in [9.17, 15) is 0 Å². The molecule has 0 amide bonds. The SMILES string of the molecule is Cc1cc(Br)c2nc(Br)sc2c1. The molecular weight excluding hydrogens is 302 g/mol. The van der Waals surface area contributed by atoms with E-state index in [2.05, 4.69) is 55.9 Å². The van der Waals surface area contributed by atoms with Crippen LogP contribution in [-0.2, 0) is 0 Å². The largest absolute Gasteiger partial charge is 0.228 e. The predicted molar refractivity (Wildman–Crippen MR) is 59.8 cm³/mol. The van der Waals surface area contributed by atoms with Gasteiger partial charge in [-0.15, -0.1) is 11.3 Å². The third kappa shape index (κ3) is 1.43. The van der Waals surface area contributed by atoms with E-state index in [1.165, 1.54) is 10.3 Å². The highest BCUT2D eigenvalue weighted by Crippen LogP contribution is 2.31. The zero-order valence-electron chi connectivity index (χ0n) is 6.27. The summed E-state index contributed by atoms with van der Waals surface area (Å²) in [5.41, 5.74) is 2.29. The smallest absolute Gasteiger partial charge is 0.160 e. The highest BCUT2D eigenvalue weighted by atomic mass is 79.9. The van der Waals surface area contributed by atoms with Crippen LogP contribution in [0.2, 0.25) is 0 Å². The van der Waals surface area contributed by atoms with Crippen LogP contribution in [0, 0.1) is 6.92 Å². The van der Waals surface area contributed by atoms with Gasteiger partial charge in [0, 0.05) is 4.47 Å². The van der Waals surface area contributed by atoms with Gasteiger partial charge in [-0.3, -0.25) is 0 Å². The second-order valence-electron chi connectivity index (χ2n) is 2.56. The molecule has 0 bridgehead atoms. The minimum atomic E-state index is 0.934. The molecule has 0 fully saturated rings. The summed E-state index contributed by atoms with van der Waals surface area (Å²) in [6, 6.07) is 4.22. The van der Waals surface area contributed by atoms with E-state index in [0.29, 0.717) is 0 Å². The molecule has 0 aliphatic heterocycles. The van der Waals surface area contributed by atoms with Crippen molar-refractivity contribution in [3.05, 3.63) is 26.1 Å². The number of aryl methyl sites for hydroxylation is 1. The van der Waals surface area contributed by atoms with Gasteiger partial charge in [-0.1, -0.05) is 0 Å². The summed E-state index contributed by atoms with van der Waals surface area (Å²) in [6.07, 6.45) is 0. The molecular formula is C8H5Br2NS. The Bertz CT molecular complexity index is 436. The first kappa shape index (κ1) is 8.66. The number of rotatable bonds is 0. The van der Waals surface area contributed by atoms with Crippen LogP contribution in [0.15, 0.2) is 20.5 Å². The van der Waals surface area contributed by atoms with Crippen molar-refractivity contribution in [2.45, 2.75) is 6.92 Å². The van der Waals surface area contributed by atoms with Crippen LogP contribution in [0.5, 0.6) is 0 Å². The Balaban J connectivity index is 2.88. The summed E-state index contributed by atoms with van der Waals surface area (Å²) in [4.78, 5) is 4.34. The fourth-order valence-corrected chi connectivity index (χ4v) is 3.40. The molecule has 1 heterocycles. The van der Waals surface area contributed by atoms with E-state index in [1.54, 1.807) is 11.3 Å². The third-order valence-electron chi connectivity index (χ3n) is 1.57. The van der Waals surface area contributed by atoms with Crippen LogP contribution < -0.4 is 0 Å². The molecule has 1 nitrogen and oxygen atoms in total. The van der Waals surface area contributed by atoms with Crippen LogP contribution in [-0.4, -0.2) is 4.98 Å². The van der Waals surface area contributed by atoms with E-state index in [-0.39, 0.29) is 0 Å². The van der Waals surface area contributed by atoms with Crippen molar-refractivity contribution in [3.63, 3.8) is 0 Å². The van der Waals surface area contributed by atoms with Gasteiger partial charge < -0.3 is 0 Å². The Morgan fingerprint density at radius 2 is 2.08 bits per heavy atom. The van der Waals surface area contributed by atoms with Crippen LogP contribution in [0.25, 0.3) is 10.2 Å². The second-order valence-corrected chi connectivity index (χ2v) is 5.72. The summed E-state index contributed by atoms with van der Waals surface area (Å²) >= 11 is 8.51. The maximum absolute atomic E-state index is 4.34. The van der Waals surface area contributed by atoms with E-state index in [0.717, 1.165) is 13.9 Å². The quantitative estimate of drug-likeness (QED) is 0.713. The molecule has 0 atom stereocenters. The van der Waals surface area contributed by atoms with E-state index < -0.39 is 0 Å². The molecule has 2 rings (SSSR count). The Kier molecular flexibility index (Phi) is 2.23. The Hall–Kier alpha value is 0.0700. The monoisotopic (exact) mass is 305 g/mol. The minimum Gasteiger partial charge on any atom is -0.228 e. The topological polar surface area (TPSA) is 12.9 Å². The van der Waals surface area contributed by atoms with E-state index >= 15 is 0 Å². The Morgan fingerprint density at radius 3 is 2.83 bits per heavy atom. The molecule has 4 heteroatoms. The molecule has 0 saturated carbocycles. The van der Waals surface area contributed by atoms with Gasteiger partial charge >= 0.3 is 0 Å². The Labute approximate surface area is 91.1 Å². The van der Waals surface area contributed by atoms with E-state index in [1.807, 2.05) is 0 Å².